The van der Waals surface area contributed by atoms with Crippen molar-refractivity contribution >= 4 is 23.1 Å². The molecule has 66 valence electrons. The van der Waals surface area contributed by atoms with Crippen molar-refractivity contribution < 1.29 is 9.85 Å². The molecule has 1 heterocycles. The maximum Gasteiger partial charge on any atom is 0.360 e. The van der Waals surface area contributed by atoms with Gasteiger partial charge in [0.25, 0.3) is 0 Å². The van der Waals surface area contributed by atoms with Crippen LogP contribution in [0.5, 0.6) is 0 Å². The normalized spacial score (nSPS) is 12.0. The predicted octanol–water partition coefficient (Wildman–Crippen LogP) is 1.97. The van der Waals surface area contributed by atoms with Crippen LogP contribution in [-0.4, -0.2) is 9.85 Å². The molecule has 0 saturated heterocycles. The van der Waals surface area contributed by atoms with Crippen LogP contribution in [0, 0.1) is 20.2 Å². The molecule has 13 heavy (non-hydrogen) atoms. The molecule has 6 nitrogen and oxygen atoms in total. The average Bonchev–Trinajstić information content (AvgIpc) is 2.79. The first kappa shape index (κ1) is 7.99. The highest BCUT2D eigenvalue weighted by molar-refractivity contribution is 8.05. The van der Waals surface area contributed by atoms with Gasteiger partial charge in [0.05, 0.1) is 9.85 Å². The molecule has 1 aliphatic heterocycles. The summed E-state index contributed by atoms with van der Waals surface area (Å²) in [6.07, 6.45) is 0. The number of hydrogen-bond donors (Lipinski definition) is 0. The van der Waals surface area contributed by atoms with Gasteiger partial charge in [-0.15, -0.1) is 0 Å². The molecule has 0 radical (unpaired) electrons. The van der Waals surface area contributed by atoms with Crippen LogP contribution in [0.2, 0.25) is 0 Å². The van der Waals surface area contributed by atoms with E-state index in [-0.39, 0.29) is 5.69 Å². The predicted molar refractivity (Wildman–Crippen MR) is 43.9 cm³/mol. The zero-order valence-electron chi connectivity index (χ0n) is 6.09. The zero-order chi connectivity index (χ0) is 9.59. The number of benzene rings is 1. The van der Waals surface area contributed by atoms with E-state index in [1.165, 1.54) is 17.8 Å². The molecule has 0 atom stereocenters. The molecule has 2 rings (SSSR count). The van der Waals surface area contributed by atoms with E-state index in [9.17, 15) is 20.2 Å². The van der Waals surface area contributed by atoms with Gasteiger partial charge in [0.15, 0.2) is 0 Å². The second-order valence-electron chi connectivity index (χ2n) is 2.38. The van der Waals surface area contributed by atoms with E-state index in [0.29, 0.717) is 4.90 Å². The number of rotatable bonds is 2. The second-order valence-corrected chi connectivity index (χ2v) is 3.43. The molecule has 7 heteroatoms. The van der Waals surface area contributed by atoms with Gasteiger partial charge in [-0.05, 0) is 6.07 Å². The third-order valence-corrected chi connectivity index (χ3v) is 2.60. The van der Waals surface area contributed by atoms with E-state index in [1.54, 1.807) is 0 Å². The number of nitro benzene ring substituents is 2. The lowest BCUT2D eigenvalue weighted by atomic mass is 10.3. The Balaban J connectivity index is 2.65. The van der Waals surface area contributed by atoms with Gasteiger partial charge < -0.3 is 0 Å². The molecule has 0 amide bonds. The van der Waals surface area contributed by atoms with Crippen molar-refractivity contribution in [1.29, 1.82) is 0 Å². The van der Waals surface area contributed by atoms with Gasteiger partial charge in [-0.25, -0.2) is 0 Å². The topological polar surface area (TPSA) is 86.3 Å². The molecule has 0 aliphatic carbocycles. The van der Waals surface area contributed by atoms with Crippen LogP contribution < -0.4 is 0 Å². The Kier molecular flexibility index (Phi) is 1.49. The smallest absolute Gasteiger partial charge is 0.258 e. The SMILES string of the molecule is O=[N+]([O-])c1ccc2c(c1[N+](=O)[O-])S2. The van der Waals surface area contributed by atoms with E-state index in [2.05, 4.69) is 0 Å². The lowest BCUT2D eigenvalue weighted by molar-refractivity contribution is -0.424. The largest absolute Gasteiger partial charge is 0.360 e. The third kappa shape index (κ3) is 1.13. The first-order valence-electron chi connectivity index (χ1n) is 3.25. The van der Waals surface area contributed by atoms with Gasteiger partial charge in [0.1, 0.15) is 4.90 Å². The average molecular weight is 198 g/mol. The maximum atomic E-state index is 10.5. The molecule has 1 aliphatic rings. The number of hydrogen-bond acceptors (Lipinski definition) is 5. The number of nitrogens with zero attached hydrogens (tertiary/aromatic N) is 2. The number of nitro groups is 2. The van der Waals surface area contributed by atoms with Crippen LogP contribution in [0.25, 0.3) is 0 Å². The Morgan fingerprint density at radius 2 is 1.85 bits per heavy atom. The summed E-state index contributed by atoms with van der Waals surface area (Å²) in [5.41, 5.74) is -0.818. The van der Waals surface area contributed by atoms with E-state index < -0.39 is 15.5 Å². The summed E-state index contributed by atoms with van der Waals surface area (Å²) in [4.78, 5) is 20.6. The van der Waals surface area contributed by atoms with E-state index in [0.717, 1.165) is 11.0 Å². The summed E-state index contributed by atoms with van der Waals surface area (Å²) in [5, 5.41) is 20.9. The molecular formula is C6H2N2O4S. The summed E-state index contributed by atoms with van der Waals surface area (Å²) in [6.45, 7) is 0. The standard InChI is InChI=1S/C6H2N2O4S/c9-7(10)3-1-2-4-6(13-4)5(3)8(11)12/h1-2H. The Hall–Kier alpha value is -1.63. The molecule has 0 fully saturated rings. The summed E-state index contributed by atoms with van der Waals surface area (Å²) >= 11 is 1.20. The van der Waals surface area contributed by atoms with Gasteiger partial charge in [-0.1, -0.05) is 11.8 Å². The van der Waals surface area contributed by atoms with Crippen LogP contribution in [0.3, 0.4) is 0 Å². The van der Waals surface area contributed by atoms with Crippen LogP contribution in [-0.2, 0) is 0 Å². The number of fused-ring (bicyclic) bond motifs is 1. The molecule has 0 N–H and O–H groups in total. The Morgan fingerprint density at radius 1 is 1.15 bits per heavy atom. The highest BCUT2D eigenvalue weighted by atomic mass is 32.2. The van der Waals surface area contributed by atoms with Gasteiger partial charge in [-0.2, -0.15) is 0 Å². The van der Waals surface area contributed by atoms with Crippen molar-refractivity contribution in [2.24, 2.45) is 0 Å². The van der Waals surface area contributed by atoms with Crippen molar-refractivity contribution in [1.82, 2.24) is 0 Å². The van der Waals surface area contributed by atoms with Crippen molar-refractivity contribution in [3.05, 3.63) is 32.4 Å². The molecule has 0 unspecified atom stereocenters. The minimum absolute atomic E-state index is 0.382. The Bertz CT molecular complexity index is 431. The van der Waals surface area contributed by atoms with Gasteiger partial charge in [0.2, 0.25) is 0 Å². The van der Waals surface area contributed by atoms with Gasteiger partial charge in [0, 0.05) is 11.0 Å². The van der Waals surface area contributed by atoms with E-state index >= 15 is 0 Å². The minimum Gasteiger partial charge on any atom is -0.258 e. The van der Waals surface area contributed by atoms with Crippen LogP contribution in [0.4, 0.5) is 11.4 Å². The van der Waals surface area contributed by atoms with Crippen molar-refractivity contribution in [2.75, 3.05) is 0 Å². The highest BCUT2D eigenvalue weighted by Crippen LogP contribution is 2.56. The fourth-order valence-electron chi connectivity index (χ4n) is 1.03. The van der Waals surface area contributed by atoms with Crippen molar-refractivity contribution in [2.45, 2.75) is 9.79 Å². The highest BCUT2D eigenvalue weighted by Gasteiger charge is 2.38. The Labute approximate surface area is 75.9 Å². The monoisotopic (exact) mass is 198 g/mol. The minimum atomic E-state index is -0.739. The summed E-state index contributed by atoms with van der Waals surface area (Å²) in [7, 11) is 0. The van der Waals surface area contributed by atoms with Gasteiger partial charge in [-0.3, -0.25) is 20.2 Å². The summed E-state index contributed by atoms with van der Waals surface area (Å²) in [5.74, 6) is 0. The first-order valence-corrected chi connectivity index (χ1v) is 4.06. The van der Waals surface area contributed by atoms with E-state index in [4.69, 9.17) is 0 Å². The summed E-state index contributed by atoms with van der Waals surface area (Å²) < 4.78 is 0. The van der Waals surface area contributed by atoms with Crippen LogP contribution >= 0.6 is 11.8 Å². The fourth-order valence-corrected chi connectivity index (χ4v) is 1.78. The van der Waals surface area contributed by atoms with Crippen LogP contribution in [0.1, 0.15) is 0 Å². The molecule has 1 aromatic rings. The fraction of sp³-hybridized carbons (Fsp3) is 0. The van der Waals surface area contributed by atoms with Crippen LogP contribution in [0.15, 0.2) is 21.9 Å². The molecule has 0 saturated carbocycles. The van der Waals surface area contributed by atoms with E-state index in [1.807, 2.05) is 0 Å². The molecule has 0 aromatic heterocycles. The van der Waals surface area contributed by atoms with Crippen molar-refractivity contribution in [3.63, 3.8) is 0 Å². The maximum absolute atomic E-state index is 10.5. The molecule has 0 bridgehead atoms. The lowest BCUT2D eigenvalue weighted by Crippen LogP contribution is -1.95. The third-order valence-electron chi connectivity index (χ3n) is 1.62. The molecular weight excluding hydrogens is 196 g/mol. The van der Waals surface area contributed by atoms with Gasteiger partial charge >= 0.3 is 11.4 Å². The molecule has 1 aromatic carbocycles. The Morgan fingerprint density at radius 3 is 2.38 bits per heavy atom. The molecule has 0 spiro atoms. The first-order chi connectivity index (χ1) is 6.11. The quantitative estimate of drug-likeness (QED) is 0.418. The second kappa shape index (κ2) is 2.43. The zero-order valence-corrected chi connectivity index (χ0v) is 6.91. The summed E-state index contributed by atoms with van der Waals surface area (Å²) in [6, 6.07) is 2.68. The lowest BCUT2D eigenvalue weighted by Gasteiger charge is -1.90. The van der Waals surface area contributed by atoms with Crippen molar-refractivity contribution in [3.8, 4) is 0 Å².